The lowest BCUT2D eigenvalue weighted by Gasteiger charge is -2.18. The number of fused-ring (bicyclic) bond motifs is 1. The van der Waals surface area contributed by atoms with Crippen LogP contribution in [-0.4, -0.2) is 28.0 Å². The van der Waals surface area contributed by atoms with Gasteiger partial charge in [0.2, 0.25) is 5.89 Å². The van der Waals surface area contributed by atoms with E-state index in [4.69, 9.17) is 15.9 Å². The molecule has 0 fully saturated rings. The van der Waals surface area contributed by atoms with Gasteiger partial charge in [-0.15, -0.1) is 0 Å². The van der Waals surface area contributed by atoms with Gasteiger partial charge >= 0.3 is 0 Å². The van der Waals surface area contributed by atoms with Gasteiger partial charge in [0.05, 0.1) is 5.56 Å². The Balaban J connectivity index is 1.60. The van der Waals surface area contributed by atoms with Crippen molar-refractivity contribution in [2.75, 3.05) is 12.3 Å². The second-order valence-corrected chi connectivity index (χ2v) is 7.89. The number of anilines is 1. The van der Waals surface area contributed by atoms with Gasteiger partial charge in [0.25, 0.3) is 5.91 Å². The van der Waals surface area contributed by atoms with Crippen molar-refractivity contribution in [3.8, 4) is 22.6 Å². The van der Waals surface area contributed by atoms with Crippen LogP contribution in [0.15, 0.2) is 65.2 Å². The van der Waals surface area contributed by atoms with Crippen molar-refractivity contribution in [1.29, 1.82) is 0 Å². The number of nitrogens with zero attached hydrogens (tertiary/aromatic N) is 2. The number of benzene rings is 2. The molecule has 0 radical (unpaired) electrons. The fourth-order valence-electron chi connectivity index (χ4n) is 3.02. The fourth-order valence-corrected chi connectivity index (χ4v) is 3.02. The molecule has 7 nitrogen and oxygen atoms in total. The van der Waals surface area contributed by atoms with E-state index in [1.807, 2.05) is 56.3 Å². The molecule has 0 spiro atoms. The van der Waals surface area contributed by atoms with E-state index in [0.29, 0.717) is 35.0 Å². The molecule has 2 aromatic carbocycles. The molecule has 2 aromatic heterocycles. The zero-order chi connectivity index (χ0) is 21.3. The second kappa shape index (κ2) is 7.61. The average molecular weight is 401 g/mol. The van der Waals surface area contributed by atoms with Crippen molar-refractivity contribution in [3.63, 3.8) is 0 Å². The lowest BCUT2D eigenvalue weighted by Crippen LogP contribution is -2.45. The van der Waals surface area contributed by atoms with E-state index >= 15 is 0 Å². The normalized spacial score (nSPS) is 11.6. The number of rotatable bonds is 5. The number of hydrogen-bond donors (Lipinski definition) is 3. The maximum Gasteiger partial charge on any atom is 0.251 e. The van der Waals surface area contributed by atoms with Gasteiger partial charge in [-0.1, -0.05) is 24.3 Å². The van der Waals surface area contributed by atoms with E-state index in [9.17, 15) is 4.79 Å². The Labute approximate surface area is 174 Å². The highest BCUT2D eigenvalue weighted by atomic mass is 16.3. The van der Waals surface area contributed by atoms with Crippen LogP contribution >= 0.6 is 0 Å². The Morgan fingerprint density at radius 3 is 2.53 bits per heavy atom. The number of aromatic nitrogens is 2. The highest BCUT2D eigenvalue weighted by molar-refractivity contribution is 5.94. The Morgan fingerprint density at radius 2 is 1.83 bits per heavy atom. The van der Waals surface area contributed by atoms with Crippen LogP contribution in [0.4, 0.5) is 5.82 Å². The number of nitrogens with one attached hydrogen (secondary N) is 1. The maximum atomic E-state index is 12.3. The smallest absolute Gasteiger partial charge is 0.251 e. The molecule has 0 unspecified atom stereocenters. The highest BCUT2D eigenvalue weighted by Crippen LogP contribution is 2.31. The number of nitrogens with two attached hydrogens (primary N) is 2. The van der Waals surface area contributed by atoms with Gasteiger partial charge in [0.1, 0.15) is 11.3 Å². The van der Waals surface area contributed by atoms with Gasteiger partial charge in [-0.25, -0.2) is 9.97 Å². The zero-order valence-electron chi connectivity index (χ0n) is 16.8. The van der Waals surface area contributed by atoms with E-state index in [1.54, 1.807) is 18.3 Å². The number of nitrogen functional groups attached to an aromatic ring is 1. The standard InChI is InChI=1S/C23H23N5O2/c1-23(2,25)13-27-21(29)15-9-7-14(8-10-15)16-11-17(20(24)26-12-16)22-28-18-5-3-4-6-19(18)30-22/h3-12H,13,25H2,1-2H3,(H2,24,26)(H,27,29). The Kier molecular flexibility index (Phi) is 4.97. The van der Waals surface area contributed by atoms with Crippen LogP contribution in [0.3, 0.4) is 0 Å². The number of oxazole rings is 1. The minimum atomic E-state index is -0.466. The first-order chi connectivity index (χ1) is 14.3. The predicted octanol–water partition coefficient (Wildman–Crippen LogP) is 3.61. The van der Waals surface area contributed by atoms with Crippen LogP contribution in [0.25, 0.3) is 33.7 Å². The third-order valence-electron chi connectivity index (χ3n) is 4.63. The topological polar surface area (TPSA) is 120 Å². The van der Waals surface area contributed by atoms with Crippen molar-refractivity contribution in [3.05, 3.63) is 66.4 Å². The van der Waals surface area contributed by atoms with E-state index in [0.717, 1.165) is 16.6 Å². The molecule has 0 saturated heterocycles. The number of amides is 1. The molecular weight excluding hydrogens is 378 g/mol. The van der Waals surface area contributed by atoms with Gasteiger partial charge < -0.3 is 21.2 Å². The molecule has 2 heterocycles. The van der Waals surface area contributed by atoms with Crippen LogP contribution in [-0.2, 0) is 0 Å². The van der Waals surface area contributed by atoms with Crippen LogP contribution in [0.1, 0.15) is 24.2 Å². The summed E-state index contributed by atoms with van der Waals surface area (Å²) in [7, 11) is 0. The van der Waals surface area contributed by atoms with E-state index in [2.05, 4.69) is 15.3 Å². The van der Waals surface area contributed by atoms with Crippen LogP contribution < -0.4 is 16.8 Å². The largest absolute Gasteiger partial charge is 0.436 e. The highest BCUT2D eigenvalue weighted by Gasteiger charge is 2.15. The molecule has 7 heteroatoms. The van der Waals surface area contributed by atoms with Crippen LogP contribution in [0.2, 0.25) is 0 Å². The third kappa shape index (κ3) is 4.16. The monoisotopic (exact) mass is 401 g/mol. The number of pyridine rings is 1. The van der Waals surface area contributed by atoms with Crippen LogP contribution in [0, 0.1) is 0 Å². The summed E-state index contributed by atoms with van der Waals surface area (Å²) >= 11 is 0. The Morgan fingerprint density at radius 1 is 1.10 bits per heavy atom. The summed E-state index contributed by atoms with van der Waals surface area (Å²) in [6.07, 6.45) is 1.69. The molecule has 1 amide bonds. The zero-order valence-corrected chi connectivity index (χ0v) is 16.8. The van der Waals surface area contributed by atoms with Gasteiger partial charge in [-0.3, -0.25) is 4.79 Å². The van der Waals surface area contributed by atoms with Crippen LogP contribution in [0.5, 0.6) is 0 Å². The summed E-state index contributed by atoms with van der Waals surface area (Å²) < 4.78 is 5.84. The summed E-state index contributed by atoms with van der Waals surface area (Å²) in [6, 6.07) is 16.7. The molecule has 152 valence electrons. The van der Waals surface area contributed by atoms with Gasteiger partial charge in [-0.05, 0) is 49.7 Å². The molecular formula is C23H23N5O2. The summed E-state index contributed by atoms with van der Waals surface area (Å²) in [5, 5.41) is 2.84. The first-order valence-electron chi connectivity index (χ1n) is 9.59. The van der Waals surface area contributed by atoms with Gasteiger partial charge in [0, 0.05) is 29.4 Å². The predicted molar refractivity (Wildman–Crippen MR) is 118 cm³/mol. The lowest BCUT2D eigenvalue weighted by atomic mass is 10.0. The number of carbonyl (C=O) groups is 1. The number of hydrogen-bond acceptors (Lipinski definition) is 6. The Bertz CT molecular complexity index is 1170. The summed E-state index contributed by atoms with van der Waals surface area (Å²) in [6.45, 7) is 4.11. The molecule has 0 aliphatic rings. The Hall–Kier alpha value is -3.71. The van der Waals surface area contributed by atoms with E-state index < -0.39 is 5.54 Å². The van der Waals surface area contributed by atoms with Crippen molar-refractivity contribution in [1.82, 2.24) is 15.3 Å². The molecule has 0 atom stereocenters. The second-order valence-electron chi connectivity index (χ2n) is 7.89. The first kappa shape index (κ1) is 19.6. The summed E-state index contributed by atoms with van der Waals surface area (Å²) in [5.41, 5.74) is 15.9. The van der Waals surface area contributed by atoms with Crippen molar-refractivity contribution in [2.45, 2.75) is 19.4 Å². The van der Waals surface area contributed by atoms with Crippen molar-refractivity contribution in [2.24, 2.45) is 5.73 Å². The minimum Gasteiger partial charge on any atom is -0.436 e. The average Bonchev–Trinajstić information content (AvgIpc) is 3.16. The maximum absolute atomic E-state index is 12.3. The SMILES string of the molecule is CC(C)(N)CNC(=O)c1ccc(-c2cnc(N)c(-c3nc4ccccc4o3)c2)cc1. The minimum absolute atomic E-state index is 0.164. The fraction of sp³-hybridized carbons (Fsp3) is 0.174. The van der Waals surface area contributed by atoms with Crippen molar-refractivity contribution < 1.29 is 9.21 Å². The molecule has 0 aliphatic carbocycles. The molecule has 0 bridgehead atoms. The number of para-hydroxylation sites is 2. The number of carbonyl (C=O) groups excluding carboxylic acids is 1. The first-order valence-corrected chi connectivity index (χ1v) is 9.59. The molecule has 0 aliphatic heterocycles. The van der Waals surface area contributed by atoms with Gasteiger partial charge in [0.15, 0.2) is 5.58 Å². The molecule has 4 rings (SSSR count). The molecule has 4 aromatic rings. The third-order valence-corrected chi connectivity index (χ3v) is 4.63. The summed E-state index contributed by atoms with van der Waals surface area (Å²) in [4.78, 5) is 21.1. The van der Waals surface area contributed by atoms with E-state index in [1.165, 1.54) is 0 Å². The van der Waals surface area contributed by atoms with Crippen molar-refractivity contribution >= 4 is 22.8 Å². The quantitative estimate of drug-likeness (QED) is 0.470. The lowest BCUT2D eigenvalue weighted by molar-refractivity contribution is 0.0946. The van der Waals surface area contributed by atoms with Gasteiger partial charge in [-0.2, -0.15) is 0 Å². The molecule has 30 heavy (non-hydrogen) atoms. The molecule has 0 saturated carbocycles. The summed E-state index contributed by atoms with van der Waals surface area (Å²) in [5.74, 6) is 0.594. The molecule has 5 N–H and O–H groups in total. The van der Waals surface area contributed by atoms with E-state index in [-0.39, 0.29) is 5.91 Å².